The van der Waals surface area contributed by atoms with Crippen LogP contribution in [0.4, 0.5) is 5.82 Å². The molecule has 1 aliphatic heterocycles. The first-order valence-electron chi connectivity index (χ1n) is 5.28. The summed E-state index contributed by atoms with van der Waals surface area (Å²) >= 11 is 3.30. The molecular formula is C11H12BrN3O2. The second kappa shape index (κ2) is 4.83. The van der Waals surface area contributed by atoms with E-state index in [0.717, 1.165) is 10.0 Å². The first-order chi connectivity index (χ1) is 8.06. The Balaban J connectivity index is 2.05. The maximum atomic E-state index is 11.8. The number of nitrogens with one attached hydrogen (secondary N) is 2. The Morgan fingerprint density at radius 3 is 3.00 bits per heavy atom. The number of halogens is 1. The molecule has 5 nitrogen and oxygen atoms in total. The molecule has 1 aliphatic rings. The molecule has 0 aromatic carbocycles. The minimum absolute atomic E-state index is 0.0781. The van der Waals surface area contributed by atoms with Crippen LogP contribution in [0.15, 0.2) is 16.7 Å². The van der Waals surface area contributed by atoms with Gasteiger partial charge in [-0.15, -0.1) is 0 Å². The van der Waals surface area contributed by atoms with Crippen LogP contribution in [-0.2, 0) is 9.59 Å². The topological polar surface area (TPSA) is 71.1 Å². The Kier molecular flexibility index (Phi) is 3.42. The molecule has 6 heteroatoms. The van der Waals surface area contributed by atoms with E-state index in [-0.39, 0.29) is 11.8 Å². The Bertz CT molecular complexity index is 476. The zero-order chi connectivity index (χ0) is 12.4. The lowest BCUT2D eigenvalue weighted by molar-refractivity contribution is -0.122. The van der Waals surface area contributed by atoms with Crippen molar-refractivity contribution in [3.8, 4) is 0 Å². The van der Waals surface area contributed by atoms with E-state index in [1.807, 2.05) is 13.0 Å². The number of amides is 2. The number of pyridine rings is 1. The second-order valence-corrected chi connectivity index (χ2v) is 4.88. The summed E-state index contributed by atoms with van der Waals surface area (Å²) in [4.78, 5) is 26.9. The normalized spacial score (nSPS) is 18.9. The van der Waals surface area contributed by atoms with Crippen LogP contribution in [0.25, 0.3) is 0 Å². The summed E-state index contributed by atoms with van der Waals surface area (Å²) in [6, 6.07) is 1.43. The molecule has 1 unspecified atom stereocenters. The third kappa shape index (κ3) is 2.82. The van der Waals surface area contributed by atoms with Crippen LogP contribution in [-0.4, -0.2) is 22.8 Å². The van der Waals surface area contributed by atoms with Gasteiger partial charge < -0.3 is 10.6 Å². The number of carbonyl (C=O) groups excluding carboxylic acids is 2. The lowest BCUT2D eigenvalue weighted by Gasteiger charge is -2.11. The number of aryl methyl sites for hydroxylation is 1. The smallest absolute Gasteiger partial charge is 0.248 e. The van der Waals surface area contributed by atoms with E-state index < -0.39 is 6.04 Å². The summed E-state index contributed by atoms with van der Waals surface area (Å²) < 4.78 is 0.863. The summed E-state index contributed by atoms with van der Waals surface area (Å²) in [6.07, 6.45) is 2.57. The lowest BCUT2D eigenvalue weighted by atomic mass is 10.2. The molecule has 90 valence electrons. The fourth-order valence-corrected chi connectivity index (χ4v) is 2.13. The molecule has 2 rings (SSSR count). The van der Waals surface area contributed by atoms with Crippen LogP contribution in [0.2, 0.25) is 0 Å². The molecule has 2 N–H and O–H groups in total. The highest BCUT2D eigenvalue weighted by Gasteiger charge is 2.27. The standard InChI is InChI=1S/C11H12BrN3O2/c1-6-4-7(12)5-13-10(6)15-11(17)8-2-3-9(16)14-8/h4-5,8H,2-3H2,1H3,(H,14,16)(H,13,15,17). The van der Waals surface area contributed by atoms with Gasteiger partial charge in [0.15, 0.2) is 0 Å². The number of aromatic nitrogens is 1. The molecule has 1 saturated heterocycles. The van der Waals surface area contributed by atoms with Crippen LogP contribution in [0.5, 0.6) is 0 Å². The molecule has 0 spiro atoms. The first-order valence-corrected chi connectivity index (χ1v) is 6.08. The summed E-state index contributed by atoms with van der Waals surface area (Å²) in [5, 5.41) is 5.33. The number of nitrogens with zero attached hydrogens (tertiary/aromatic N) is 1. The zero-order valence-corrected chi connectivity index (χ0v) is 10.9. The van der Waals surface area contributed by atoms with E-state index in [1.54, 1.807) is 6.20 Å². The van der Waals surface area contributed by atoms with Crippen LogP contribution in [0.3, 0.4) is 0 Å². The van der Waals surface area contributed by atoms with E-state index in [9.17, 15) is 9.59 Å². The van der Waals surface area contributed by atoms with Crippen LogP contribution < -0.4 is 10.6 Å². The highest BCUT2D eigenvalue weighted by atomic mass is 79.9. The van der Waals surface area contributed by atoms with Gasteiger partial charge in [-0.25, -0.2) is 4.98 Å². The van der Waals surface area contributed by atoms with Crippen molar-refractivity contribution in [2.75, 3.05) is 5.32 Å². The average Bonchev–Trinajstić information content (AvgIpc) is 2.69. The second-order valence-electron chi connectivity index (χ2n) is 3.97. The first kappa shape index (κ1) is 12.0. The van der Waals surface area contributed by atoms with Crippen molar-refractivity contribution in [3.63, 3.8) is 0 Å². The average molecular weight is 298 g/mol. The molecule has 0 bridgehead atoms. The van der Waals surface area contributed by atoms with Crippen molar-refractivity contribution < 1.29 is 9.59 Å². The van der Waals surface area contributed by atoms with E-state index in [0.29, 0.717) is 18.7 Å². The lowest BCUT2D eigenvalue weighted by Crippen LogP contribution is -2.37. The van der Waals surface area contributed by atoms with Gasteiger partial charge in [-0.1, -0.05) is 0 Å². The number of anilines is 1. The number of hydrogen-bond acceptors (Lipinski definition) is 3. The Morgan fingerprint density at radius 1 is 1.65 bits per heavy atom. The van der Waals surface area contributed by atoms with Crippen molar-refractivity contribution >= 4 is 33.6 Å². The highest BCUT2D eigenvalue weighted by Crippen LogP contribution is 2.17. The molecule has 2 amide bonds. The van der Waals surface area contributed by atoms with Gasteiger partial charge in [0, 0.05) is 17.1 Å². The molecule has 0 aliphatic carbocycles. The number of hydrogen-bond donors (Lipinski definition) is 2. The van der Waals surface area contributed by atoms with Crippen molar-refractivity contribution in [2.45, 2.75) is 25.8 Å². The quantitative estimate of drug-likeness (QED) is 0.866. The minimum atomic E-state index is -0.438. The number of rotatable bonds is 2. The van der Waals surface area contributed by atoms with Gasteiger partial charge in [-0.3, -0.25) is 9.59 Å². The molecule has 0 saturated carbocycles. The van der Waals surface area contributed by atoms with Crippen LogP contribution >= 0.6 is 15.9 Å². The van der Waals surface area contributed by atoms with Gasteiger partial charge in [0.1, 0.15) is 11.9 Å². The predicted octanol–water partition coefficient (Wildman–Crippen LogP) is 1.37. The molecule has 2 heterocycles. The minimum Gasteiger partial charge on any atom is -0.344 e. The largest absolute Gasteiger partial charge is 0.344 e. The molecule has 0 radical (unpaired) electrons. The molecule has 1 atom stereocenters. The van der Waals surface area contributed by atoms with E-state index in [4.69, 9.17) is 0 Å². The molecular weight excluding hydrogens is 286 g/mol. The summed E-state index contributed by atoms with van der Waals surface area (Å²) in [5.74, 6) is 0.235. The fourth-order valence-electron chi connectivity index (χ4n) is 1.69. The highest BCUT2D eigenvalue weighted by molar-refractivity contribution is 9.10. The van der Waals surface area contributed by atoms with Gasteiger partial charge in [-0.2, -0.15) is 0 Å². The maximum Gasteiger partial charge on any atom is 0.248 e. The van der Waals surface area contributed by atoms with Gasteiger partial charge in [0.05, 0.1) is 0 Å². The molecule has 1 aromatic heterocycles. The number of carbonyl (C=O) groups is 2. The van der Waals surface area contributed by atoms with Gasteiger partial charge in [-0.05, 0) is 40.9 Å². The van der Waals surface area contributed by atoms with Crippen molar-refractivity contribution in [3.05, 3.63) is 22.3 Å². The van der Waals surface area contributed by atoms with Gasteiger partial charge in [0.2, 0.25) is 11.8 Å². The molecule has 1 fully saturated rings. The van der Waals surface area contributed by atoms with Crippen molar-refractivity contribution in [1.82, 2.24) is 10.3 Å². The summed E-state index contributed by atoms with van der Waals surface area (Å²) in [6.45, 7) is 1.86. The molecule has 17 heavy (non-hydrogen) atoms. The Morgan fingerprint density at radius 2 is 2.41 bits per heavy atom. The third-order valence-corrected chi connectivity index (χ3v) is 3.03. The Hall–Kier alpha value is -1.43. The van der Waals surface area contributed by atoms with Gasteiger partial charge in [0.25, 0.3) is 0 Å². The summed E-state index contributed by atoms with van der Waals surface area (Å²) in [5.41, 5.74) is 0.872. The molecule has 1 aromatic rings. The van der Waals surface area contributed by atoms with Crippen LogP contribution in [0.1, 0.15) is 18.4 Å². The van der Waals surface area contributed by atoms with E-state index >= 15 is 0 Å². The predicted molar refractivity (Wildman–Crippen MR) is 66.5 cm³/mol. The third-order valence-electron chi connectivity index (χ3n) is 2.60. The summed E-state index contributed by atoms with van der Waals surface area (Å²) in [7, 11) is 0. The van der Waals surface area contributed by atoms with E-state index in [1.165, 1.54) is 0 Å². The monoisotopic (exact) mass is 297 g/mol. The van der Waals surface area contributed by atoms with Crippen molar-refractivity contribution in [1.29, 1.82) is 0 Å². The van der Waals surface area contributed by atoms with E-state index in [2.05, 4.69) is 31.5 Å². The zero-order valence-electron chi connectivity index (χ0n) is 9.29. The van der Waals surface area contributed by atoms with Crippen LogP contribution in [0, 0.1) is 6.92 Å². The Labute approximate surface area is 107 Å². The van der Waals surface area contributed by atoms with Gasteiger partial charge >= 0.3 is 0 Å². The SMILES string of the molecule is Cc1cc(Br)cnc1NC(=O)C1CCC(=O)N1. The fraction of sp³-hybridized carbons (Fsp3) is 0.364. The van der Waals surface area contributed by atoms with Crippen molar-refractivity contribution in [2.24, 2.45) is 0 Å². The maximum absolute atomic E-state index is 11.8.